The minimum Gasteiger partial charge on any atom is -0.464 e. The lowest BCUT2D eigenvalue weighted by atomic mass is 10.3. The van der Waals surface area contributed by atoms with Crippen molar-refractivity contribution < 1.29 is 18.7 Å². The first kappa shape index (κ1) is 12.8. The quantitative estimate of drug-likeness (QED) is 0.859. The van der Waals surface area contributed by atoms with Crippen LogP contribution in [-0.2, 0) is 4.74 Å². The monoisotopic (exact) mass is 262 g/mol. The second kappa shape index (κ2) is 5.34. The fourth-order valence-electron chi connectivity index (χ4n) is 1.38. The van der Waals surface area contributed by atoms with E-state index in [0.29, 0.717) is 0 Å². The number of anilines is 1. The van der Waals surface area contributed by atoms with E-state index in [-0.39, 0.29) is 23.0 Å². The minimum atomic E-state index is -0.626. The average molecular weight is 262 g/mol. The number of pyridine rings is 1. The zero-order valence-electron chi connectivity index (χ0n) is 10.1. The van der Waals surface area contributed by atoms with Crippen molar-refractivity contribution in [3.8, 4) is 11.6 Å². The Morgan fingerprint density at radius 1 is 1.26 bits per heavy atom. The van der Waals surface area contributed by atoms with Crippen molar-refractivity contribution in [3.63, 3.8) is 0 Å². The molecule has 0 aliphatic carbocycles. The Morgan fingerprint density at radius 3 is 2.68 bits per heavy atom. The van der Waals surface area contributed by atoms with E-state index in [4.69, 9.17) is 10.5 Å². The van der Waals surface area contributed by atoms with Crippen LogP contribution in [0.1, 0.15) is 10.5 Å². The molecule has 2 N–H and O–H groups in total. The number of hydrogen-bond donors (Lipinski definition) is 1. The Bertz CT molecular complexity index is 617. The number of esters is 1. The summed E-state index contributed by atoms with van der Waals surface area (Å²) in [6, 6.07) is 8.66. The summed E-state index contributed by atoms with van der Waals surface area (Å²) in [6.07, 6.45) is 0. The molecule has 1 aromatic heterocycles. The van der Waals surface area contributed by atoms with Crippen molar-refractivity contribution in [1.29, 1.82) is 0 Å². The molecule has 0 spiro atoms. The molecule has 98 valence electrons. The minimum absolute atomic E-state index is 0.0243. The topological polar surface area (TPSA) is 74.4 Å². The number of rotatable bonds is 3. The molecule has 1 heterocycles. The predicted molar refractivity (Wildman–Crippen MR) is 66.5 cm³/mol. The van der Waals surface area contributed by atoms with Crippen molar-refractivity contribution in [2.24, 2.45) is 0 Å². The number of methoxy groups -OCH3 is 1. The molecule has 2 rings (SSSR count). The smallest absolute Gasteiger partial charge is 0.356 e. The Hall–Kier alpha value is -2.63. The van der Waals surface area contributed by atoms with Crippen LogP contribution in [0.3, 0.4) is 0 Å². The lowest BCUT2D eigenvalue weighted by Gasteiger charge is -2.09. The lowest BCUT2D eigenvalue weighted by molar-refractivity contribution is 0.0593. The van der Waals surface area contributed by atoms with E-state index in [1.807, 2.05) is 0 Å². The number of hydrogen-bond acceptors (Lipinski definition) is 5. The summed E-state index contributed by atoms with van der Waals surface area (Å²) < 4.78 is 23.2. The Morgan fingerprint density at radius 2 is 2.00 bits per heavy atom. The van der Waals surface area contributed by atoms with Crippen LogP contribution >= 0.6 is 0 Å². The molecule has 0 atom stereocenters. The van der Waals surface area contributed by atoms with Gasteiger partial charge in [-0.2, -0.15) is 0 Å². The molecule has 19 heavy (non-hydrogen) atoms. The highest BCUT2D eigenvalue weighted by molar-refractivity contribution is 5.87. The number of ether oxygens (including phenoxy) is 2. The van der Waals surface area contributed by atoms with Crippen molar-refractivity contribution in [2.45, 2.75) is 0 Å². The van der Waals surface area contributed by atoms with E-state index < -0.39 is 11.8 Å². The molecular weight excluding hydrogens is 251 g/mol. The molecule has 0 saturated carbocycles. The van der Waals surface area contributed by atoms with Gasteiger partial charge in [0.15, 0.2) is 17.3 Å². The first-order valence-electron chi connectivity index (χ1n) is 5.39. The van der Waals surface area contributed by atoms with Gasteiger partial charge in [-0.15, -0.1) is 0 Å². The molecule has 0 aliphatic heterocycles. The molecule has 0 bridgehead atoms. The van der Waals surface area contributed by atoms with Crippen molar-refractivity contribution in [3.05, 3.63) is 47.9 Å². The average Bonchev–Trinajstić information content (AvgIpc) is 2.42. The van der Waals surface area contributed by atoms with Crippen LogP contribution in [-0.4, -0.2) is 18.1 Å². The second-order valence-corrected chi connectivity index (χ2v) is 3.61. The van der Waals surface area contributed by atoms with Crippen LogP contribution in [0.5, 0.6) is 11.6 Å². The van der Waals surface area contributed by atoms with Gasteiger partial charge in [0.05, 0.1) is 12.8 Å². The van der Waals surface area contributed by atoms with Gasteiger partial charge in [0.25, 0.3) is 0 Å². The maximum atomic E-state index is 13.4. The number of halogens is 1. The Labute approximate surface area is 108 Å². The van der Waals surface area contributed by atoms with Crippen LogP contribution in [0.2, 0.25) is 0 Å². The first-order chi connectivity index (χ1) is 9.11. The van der Waals surface area contributed by atoms with Gasteiger partial charge in [0.1, 0.15) is 0 Å². The SMILES string of the molecule is COC(=O)c1ccc(N)c(Oc2ccccc2F)n1. The maximum absolute atomic E-state index is 13.4. The molecule has 0 fully saturated rings. The zero-order valence-corrected chi connectivity index (χ0v) is 10.1. The van der Waals surface area contributed by atoms with Gasteiger partial charge in [0, 0.05) is 0 Å². The zero-order chi connectivity index (χ0) is 13.8. The third-order valence-electron chi connectivity index (χ3n) is 2.33. The first-order valence-corrected chi connectivity index (χ1v) is 5.39. The Kier molecular flexibility index (Phi) is 3.61. The van der Waals surface area contributed by atoms with E-state index in [1.54, 1.807) is 6.07 Å². The van der Waals surface area contributed by atoms with Crippen molar-refractivity contribution in [2.75, 3.05) is 12.8 Å². The number of carbonyl (C=O) groups excluding carboxylic acids is 1. The fourth-order valence-corrected chi connectivity index (χ4v) is 1.38. The summed E-state index contributed by atoms with van der Waals surface area (Å²) in [5, 5.41) is 0. The maximum Gasteiger partial charge on any atom is 0.356 e. The van der Waals surface area contributed by atoms with Crippen LogP contribution in [0, 0.1) is 5.82 Å². The summed E-state index contributed by atoms with van der Waals surface area (Å²) >= 11 is 0. The Balaban J connectivity index is 2.34. The third kappa shape index (κ3) is 2.79. The van der Waals surface area contributed by atoms with Crippen molar-refractivity contribution in [1.82, 2.24) is 4.98 Å². The largest absolute Gasteiger partial charge is 0.464 e. The van der Waals surface area contributed by atoms with Gasteiger partial charge in [0.2, 0.25) is 5.88 Å². The normalized spacial score (nSPS) is 10.0. The summed E-state index contributed by atoms with van der Waals surface area (Å²) in [4.78, 5) is 15.2. The van der Waals surface area contributed by atoms with E-state index in [1.165, 1.54) is 37.4 Å². The van der Waals surface area contributed by atoms with Gasteiger partial charge in [-0.1, -0.05) is 12.1 Å². The highest BCUT2D eigenvalue weighted by Crippen LogP contribution is 2.27. The van der Waals surface area contributed by atoms with Gasteiger partial charge in [-0.05, 0) is 24.3 Å². The second-order valence-electron chi connectivity index (χ2n) is 3.61. The molecule has 0 unspecified atom stereocenters. The van der Waals surface area contributed by atoms with E-state index in [9.17, 15) is 9.18 Å². The van der Waals surface area contributed by atoms with Crippen molar-refractivity contribution >= 4 is 11.7 Å². The van der Waals surface area contributed by atoms with Crippen LogP contribution in [0.15, 0.2) is 36.4 Å². The predicted octanol–water partition coefficient (Wildman–Crippen LogP) is 2.38. The summed E-state index contributed by atoms with van der Waals surface area (Å²) in [7, 11) is 1.23. The number of nitrogen functional groups attached to an aromatic ring is 1. The van der Waals surface area contributed by atoms with Gasteiger partial charge in [-0.25, -0.2) is 14.2 Å². The van der Waals surface area contributed by atoms with Crippen LogP contribution in [0.4, 0.5) is 10.1 Å². The number of para-hydroxylation sites is 1. The number of nitrogens with zero attached hydrogens (tertiary/aromatic N) is 1. The lowest BCUT2D eigenvalue weighted by Crippen LogP contribution is -2.06. The van der Waals surface area contributed by atoms with Crippen LogP contribution < -0.4 is 10.5 Å². The molecule has 0 aliphatic rings. The molecule has 0 saturated heterocycles. The van der Waals surface area contributed by atoms with E-state index in [2.05, 4.69) is 9.72 Å². The molecule has 1 aromatic carbocycles. The number of benzene rings is 1. The van der Waals surface area contributed by atoms with Gasteiger partial charge in [-0.3, -0.25) is 0 Å². The highest BCUT2D eigenvalue weighted by atomic mass is 19.1. The summed E-state index contributed by atoms with van der Waals surface area (Å²) in [6.45, 7) is 0. The fraction of sp³-hybridized carbons (Fsp3) is 0.0769. The molecule has 5 nitrogen and oxygen atoms in total. The molecular formula is C13H11FN2O3. The summed E-state index contributed by atoms with van der Waals surface area (Å²) in [5.41, 5.74) is 5.89. The number of aromatic nitrogens is 1. The highest BCUT2D eigenvalue weighted by Gasteiger charge is 2.13. The van der Waals surface area contributed by atoms with E-state index in [0.717, 1.165) is 0 Å². The molecule has 2 aromatic rings. The van der Waals surface area contributed by atoms with Gasteiger partial charge >= 0.3 is 5.97 Å². The number of carbonyl (C=O) groups is 1. The number of nitrogens with two attached hydrogens (primary N) is 1. The molecule has 6 heteroatoms. The molecule has 0 amide bonds. The standard InChI is InChI=1S/C13H11FN2O3/c1-18-13(17)10-7-6-9(15)12(16-10)19-11-5-3-2-4-8(11)14/h2-7H,15H2,1H3. The van der Waals surface area contributed by atoms with Gasteiger partial charge < -0.3 is 15.2 Å². The van der Waals surface area contributed by atoms with E-state index >= 15 is 0 Å². The van der Waals surface area contributed by atoms with Crippen LogP contribution in [0.25, 0.3) is 0 Å². The summed E-state index contributed by atoms with van der Waals surface area (Å²) in [5.74, 6) is -1.25. The third-order valence-corrected chi connectivity index (χ3v) is 2.33. The molecule has 0 radical (unpaired) electrons.